The van der Waals surface area contributed by atoms with Crippen molar-refractivity contribution in [1.82, 2.24) is 0 Å². The molecule has 0 amide bonds. The normalized spacial score (nSPS) is 30.4. The van der Waals surface area contributed by atoms with Gasteiger partial charge in [0.1, 0.15) is 0 Å². The maximum absolute atomic E-state index is 5.33. The lowest BCUT2D eigenvalue weighted by molar-refractivity contribution is 1.15. The summed E-state index contributed by atoms with van der Waals surface area (Å²) in [6.45, 7) is 0.886. The zero-order valence-electron chi connectivity index (χ0n) is 3.60. The topological polar surface area (TPSA) is 38.4 Å². The van der Waals surface area contributed by atoms with Gasteiger partial charge in [0.05, 0.1) is 9.80 Å². The number of amidine groups is 1. The molecule has 0 fully saturated rings. The van der Waals surface area contributed by atoms with Crippen LogP contribution < -0.4 is 5.73 Å². The highest BCUT2D eigenvalue weighted by Crippen LogP contribution is 2.23. The number of rotatable bonds is 0. The number of hydrogen-bond acceptors (Lipinski definition) is 3. The van der Waals surface area contributed by atoms with E-state index in [4.69, 9.17) is 5.73 Å². The predicted molar refractivity (Wildman–Crippen MR) is 41.9 cm³/mol. The summed E-state index contributed by atoms with van der Waals surface area (Å²) in [5.74, 6) is 0. The van der Waals surface area contributed by atoms with Crippen LogP contribution in [0.15, 0.2) is 4.99 Å². The van der Waals surface area contributed by atoms with Crippen molar-refractivity contribution in [3.63, 3.8) is 0 Å². The molecule has 0 aromatic heterocycles. The fourth-order valence-corrected chi connectivity index (χ4v) is 1.91. The maximum atomic E-state index is 5.33. The highest BCUT2D eigenvalue weighted by atomic mass is 127. The average molecular weight is 228 g/mol. The molecule has 1 rings (SSSR count). The molecule has 1 aliphatic rings. The van der Waals surface area contributed by atoms with Crippen LogP contribution in [-0.2, 0) is 0 Å². The van der Waals surface area contributed by atoms with Crippen LogP contribution in [0.1, 0.15) is 0 Å². The number of halogens is 1. The molecule has 4 heteroatoms. The molecule has 7 heavy (non-hydrogen) atoms. The summed E-state index contributed by atoms with van der Waals surface area (Å²) in [6, 6.07) is 0. The molecule has 0 spiro atoms. The molecule has 2 N–H and O–H groups in total. The molecular formula is C3H5IN2S. The van der Waals surface area contributed by atoms with E-state index in [-0.39, 0.29) is 0 Å². The summed E-state index contributed by atoms with van der Waals surface area (Å²) in [6.07, 6.45) is 0. The van der Waals surface area contributed by atoms with Crippen LogP contribution in [0.25, 0.3) is 0 Å². The Labute approximate surface area is 60.1 Å². The van der Waals surface area contributed by atoms with Crippen molar-refractivity contribution in [2.24, 2.45) is 10.7 Å². The first-order valence-corrected chi connectivity index (χ1v) is 4.02. The van der Waals surface area contributed by atoms with Gasteiger partial charge in [-0.1, -0.05) is 34.4 Å². The molecule has 0 bridgehead atoms. The van der Waals surface area contributed by atoms with E-state index >= 15 is 0 Å². The first kappa shape index (κ1) is 5.68. The second-order valence-electron chi connectivity index (χ2n) is 1.21. The maximum Gasteiger partial charge on any atom is 0.155 e. The minimum absolute atomic E-state index is 0.581. The number of nitrogens with zero attached hydrogens (tertiary/aromatic N) is 1. The average Bonchev–Trinajstić information content (AvgIpc) is 1.87. The summed E-state index contributed by atoms with van der Waals surface area (Å²) in [5.41, 5.74) is 5.33. The molecule has 0 aromatic rings. The molecule has 0 radical (unpaired) electrons. The van der Waals surface area contributed by atoms with Crippen LogP contribution in [0.4, 0.5) is 0 Å². The second kappa shape index (κ2) is 2.21. The lowest BCUT2D eigenvalue weighted by Crippen LogP contribution is -2.01. The van der Waals surface area contributed by atoms with Gasteiger partial charge in [-0.25, -0.2) is 0 Å². The monoisotopic (exact) mass is 228 g/mol. The number of aliphatic imine (C=N–C) groups is 1. The van der Waals surface area contributed by atoms with Crippen molar-refractivity contribution in [2.75, 3.05) is 6.54 Å². The fourth-order valence-electron chi connectivity index (χ4n) is 0.367. The van der Waals surface area contributed by atoms with Crippen molar-refractivity contribution in [3.8, 4) is 0 Å². The quantitative estimate of drug-likeness (QED) is 0.492. The molecule has 1 aliphatic heterocycles. The largest absolute Gasteiger partial charge is 0.379 e. The van der Waals surface area contributed by atoms with E-state index in [0.717, 1.165) is 11.7 Å². The number of hydrogen-bond donors (Lipinski definition) is 1. The summed E-state index contributed by atoms with van der Waals surface area (Å²) in [5, 5.41) is 0.736. The third-order valence-electron chi connectivity index (χ3n) is 0.639. The summed E-state index contributed by atoms with van der Waals surface area (Å²) >= 11 is 3.95. The van der Waals surface area contributed by atoms with Crippen molar-refractivity contribution in [2.45, 2.75) is 3.26 Å². The molecule has 2 nitrogen and oxygen atoms in total. The Morgan fingerprint density at radius 1 is 2.00 bits per heavy atom. The Kier molecular flexibility index (Phi) is 1.80. The summed E-state index contributed by atoms with van der Waals surface area (Å²) in [4.78, 5) is 3.97. The van der Waals surface area contributed by atoms with E-state index < -0.39 is 0 Å². The van der Waals surface area contributed by atoms with Gasteiger partial charge in [0, 0.05) is 0 Å². The van der Waals surface area contributed by atoms with Crippen LogP contribution >= 0.6 is 34.4 Å². The van der Waals surface area contributed by atoms with Gasteiger partial charge in [-0.3, -0.25) is 4.99 Å². The van der Waals surface area contributed by atoms with Crippen molar-refractivity contribution in [1.29, 1.82) is 0 Å². The lowest BCUT2D eigenvalue weighted by Gasteiger charge is -1.89. The van der Waals surface area contributed by atoms with Gasteiger partial charge in [0.2, 0.25) is 0 Å². The van der Waals surface area contributed by atoms with E-state index in [1.807, 2.05) is 0 Å². The molecule has 1 atom stereocenters. The van der Waals surface area contributed by atoms with Crippen LogP contribution in [-0.4, -0.2) is 15.0 Å². The van der Waals surface area contributed by atoms with Crippen LogP contribution in [0.3, 0.4) is 0 Å². The number of alkyl halides is 1. The van der Waals surface area contributed by atoms with Gasteiger partial charge in [-0.05, 0) is 0 Å². The zero-order valence-corrected chi connectivity index (χ0v) is 6.57. The van der Waals surface area contributed by atoms with E-state index in [9.17, 15) is 0 Å². The van der Waals surface area contributed by atoms with Crippen molar-refractivity contribution >= 4 is 39.5 Å². The molecule has 0 saturated carbocycles. The lowest BCUT2D eigenvalue weighted by atomic mass is 10.8. The summed E-state index contributed by atoms with van der Waals surface area (Å²) in [7, 11) is 0. The Bertz CT molecular complexity index is 103. The Morgan fingerprint density at radius 2 is 2.71 bits per heavy atom. The number of nitrogens with two attached hydrogens (primary N) is 1. The predicted octanol–water partition coefficient (Wildman–Crippen LogP) is 0.809. The molecule has 1 heterocycles. The smallest absolute Gasteiger partial charge is 0.155 e. The van der Waals surface area contributed by atoms with Gasteiger partial charge >= 0.3 is 0 Å². The van der Waals surface area contributed by atoms with E-state index in [0.29, 0.717) is 3.26 Å². The van der Waals surface area contributed by atoms with Crippen LogP contribution in [0, 0.1) is 0 Å². The second-order valence-corrected chi connectivity index (χ2v) is 4.78. The summed E-state index contributed by atoms with van der Waals surface area (Å²) < 4.78 is 0.581. The highest BCUT2D eigenvalue weighted by molar-refractivity contribution is 14.1. The van der Waals surface area contributed by atoms with Gasteiger partial charge in [-0.15, -0.1) is 0 Å². The third kappa shape index (κ3) is 1.49. The van der Waals surface area contributed by atoms with Gasteiger partial charge in [0.25, 0.3) is 0 Å². The third-order valence-corrected chi connectivity index (χ3v) is 2.57. The Balaban J connectivity index is 2.42. The Hall–Kier alpha value is 0.550. The highest BCUT2D eigenvalue weighted by Gasteiger charge is 2.11. The molecule has 0 saturated heterocycles. The first-order chi connectivity index (χ1) is 3.29. The molecular weight excluding hydrogens is 223 g/mol. The van der Waals surface area contributed by atoms with Gasteiger partial charge < -0.3 is 5.73 Å². The van der Waals surface area contributed by atoms with Crippen LogP contribution in [0.5, 0.6) is 0 Å². The molecule has 1 unspecified atom stereocenters. The first-order valence-electron chi connectivity index (χ1n) is 1.89. The van der Waals surface area contributed by atoms with E-state index in [2.05, 4.69) is 27.6 Å². The minimum Gasteiger partial charge on any atom is -0.379 e. The molecule has 0 aliphatic carbocycles. The standard InChI is InChI=1S/C3H5IN2S/c4-2-1-6-3(5)7-2/h2H,1H2,(H2,5,6). The minimum atomic E-state index is 0.581. The van der Waals surface area contributed by atoms with E-state index in [1.165, 1.54) is 0 Å². The van der Waals surface area contributed by atoms with Crippen molar-refractivity contribution in [3.05, 3.63) is 0 Å². The molecule has 40 valence electrons. The van der Waals surface area contributed by atoms with Crippen LogP contribution in [0.2, 0.25) is 0 Å². The Morgan fingerprint density at radius 3 is 2.86 bits per heavy atom. The fraction of sp³-hybridized carbons (Fsp3) is 0.667. The zero-order chi connectivity index (χ0) is 5.28. The van der Waals surface area contributed by atoms with E-state index in [1.54, 1.807) is 11.8 Å². The van der Waals surface area contributed by atoms with Gasteiger partial charge in [0.15, 0.2) is 5.17 Å². The number of thioether (sulfide) groups is 1. The SMILES string of the molecule is NC1=NCC(I)S1. The molecule has 0 aromatic carbocycles. The van der Waals surface area contributed by atoms with Crippen molar-refractivity contribution < 1.29 is 0 Å². The van der Waals surface area contributed by atoms with Gasteiger partial charge in [-0.2, -0.15) is 0 Å².